The summed E-state index contributed by atoms with van der Waals surface area (Å²) >= 11 is 0. The van der Waals surface area contributed by atoms with E-state index >= 15 is 0 Å². The minimum atomic E-state index is -0.410. The summed E-state index contributed by atoms with van der Waals surface area (Å²) in [4.78, 5) is 38.0. The van der Waals surface area contributed by atoms with Crippen molar-refractivity contribution < 1.29 is 14.4 Å². The summed E-state index contributed by atoms with van der Waals surface area (Å²) in [5.74, 6) is 0.804. The summed E-state index contributed by atoms with van der Waals surface area (Å²) in [6.45, 7) is 12.8. The number of pyridine rings is 2. The van der Waals surface area contributed by atoms with Crippen molar-refractivity contribution >= 4 is 22.6 Å². The number of amides is 1. The number of hydrogen-bond acceptors (Lipinski definition) is 7. The van der Waals surface area contributed by atoms with E-state index in [0.29, 0.717) is 35.6 Å². The first kappa shape index (κ1) is 27.2. The van der Waals surface area contributed by atoms with Gasteiger partial charge in [0.1, 0.15) is 11.6 Å². The molecule has 0 aliphatic rings. The molecule has 0 unspecified atom stereocenters. The molecule has 3 aromatic rings. The third-order valence-electron chi connectivity index (χ3n) is 6.17. The average molecular weight is 496 g/mol. The highest BCUT2D eigenvalue weighted by molar-refractivity contribution is 5.96. The van der Waals surface area contributed by atoms with Gasteiger partial charge in [0.15, 0.2) is 0 Å². The molecule has 0 fully saturated rings. The van der Waals surface area contributed by atoms with Crippen LogP contribution in [0.3, 0.4) is 0 Å². The van der Waals surface area contributed by atoms with Crippen LogP contribution in [-0.2, 0) is 11.4 Å². The van der Waals surface area contributed by atoms with Gasteiger partial charge in [0.25, 0.3) is 11.5 Å². The van der Waals surface area contributed by atoms with Gasteiger partial charge >= 0.3 is 0 Å². The Labute approximate surface area is 212 Å². The lowest BCUT2D eigenvalue weighted by molar-refractivity contribution is 0.0364. The van der Waals surface area contributed by atoms with Crippen LogP contribution in [0.1, 0.15) is 44.5 Å². The van der Waals surface area contributed by atoms with Gasteiger partial charge in [-0.3, -0.25) is 14.4 Å². The number of anilines is 1. The predicted octanol–water partition coefficient (Wildman–Crippen LogP) is 3.92. The molecule has 0 aliphatic carbocycles. The maximum Gasteiger partial charge on any atom is 0.274 e. The number of aryl methyl sites for hydroxylation is 1. The van der Waals surface area contributed by atoms with Gasteiger partial charge in [-0.1, -0.05) is 13.8 Å². The van der Waals surface area contributed by atoms with E-state index in [4.69, 9.17) is 9.57 Å². The number of hydrogen-bond donors (Lipinski definition) is 2. The van der Waals surface area contributed by atoms with E-state index in [2.05, 4.69) is 34.5 Å². The van der Waals surface area contributed by atoms with Crippen molar-refractivity contribution in [1.29, 1.82) is 0 Å². The zero-order valence-corrected chi connectivity index (χ0v) is 21.9. The highest BCUT2D eigenvalue weighted by Crippen LogP contribution is 2.27. The van der Waals surface area contributed by atoms with Crippen LogP contribution in [0.5, 0.6) is 5.75 Å². The number of nitrogens with zero attached hydrogens (tertiary/aromatic N) is 3. The molecule has 0 atom stereocenters. The molecule has 0 bridgehead atoms. The van der Waals surface area contributed by atoms with Crippen molar-refractivity contribution in [2.24, 2.45) is 0 Å². The molecule has 0 aliphatic heterocycles. The third-order valence-corrected chi connectivity index (χ3v) is 6.17. The zero-order chi connectivity index (χ0) is 26.1. The second-order valence-electron chi connectivity index (χ2n) is 8.36. The monoisotopic (exact) mass is 495 g/mol. The molecule has 1 amide bonds. The molecule has 0 spiro atoms. The quantitative estimate of drug-likeness (QED) is 0.274. The molecule has 9 nitrogen and oxygen atoms in total. The topological polar surface area (TPSA) is 97.7 Å². The fourth-order valence-electron chi connectivity index (χ4n) is 4.15. The van der Waals surface area contributed by atoms with Gasteiger partial charge in [0, 0.05) is 41.9 Å². The molecule has 2 N–H and O–H groups in total. The van der Waals surface area contributed by atoms with Crippen LogP contribution >= 0.6 is 0 Å². The fourth-order valence-corrected chi connectivity index (χ4v) is 4.15. The van der Waals surface area contributed by atoms with E-state index in [9.17, 15) is 9.59 Å². The second kappa shape index (κ2) is 13.0. The largest absolute Gasteiger partial charge is 0.497 e. The lowest BCUT2D eigenvalue weighted by Gasteiger charge is -2.18. The Balaban J connectivity index is 1.94. The number of nitrogens with one attached hydrogen (secondary N) is 2. The smallest absolute Gasteiger partial charge is 0.274 e. The summed E-state index contributed by atoms with van der Waals surface area (Å²) in [6.07, 6.45) is 2.79. The number of aromatic nitrogens is 2. The van der Waals surface area contributed by atoms with Crippen LogP contribution in [0, 0.1) is 0 Å². The first-order chi connectivity index (χ1) is 17.4. The van der Waals surface area contributed by atoms with Crippen LogP contribution in [0.4, 0.5) is 5.82 Å². The SMILES string of the molecule is CCONC(=O)c1cc(OC)cc(-c2cc3cnc(NCCCN(CC)CC)cc3n(CC)c2=O)c1. The molecular weight excluding hydrogens is 458 g/mol. The average Bonchev–Trinajstić information content (AvgIpc) is 2.91. The summed E-state index contributed by atoms with van der Waals surface area (Å²) < 4.78 is 7.12. The van der Waals surface area contributed by atoms with Gasteiger partial charge in [-0.25, -0.2) is 10.5 Å². The van der Waals surface area contributed by atoms with Gasteiger partial charge < -0.3 is 19.5 Å². The van der Waals surface area contributed by atoms with Crippen molar-refractivity contribution in [3.8, 4) is 16.9 Å². The molecule has 2 aromatic heterocycles. The molecule has 0 saturated carbocycles. The number of carbonyl (C=O) groups is 1. The zero-order valence-electron chi connectivity index (χ0n) is 21.9. The summed E-state index contributed by atoms with van der Waals surface area (Å²) in [5.41, 5.74) is 4.44. The van der Waals surface area contributed by atoms with Crippen molar-refractivity contribution in [2.75, 3.05) is 45.2 Å². The van der Waals surface area contributed by atoms with Gasteiger partial charge in [0.05, 0.1) is 19.2 Å². The number of benzene rings is 1. The summed E-state index contributed by atoms with van der Waals surface area (Å²) in [6, 6.07) is 8.77. The van der Waals surface area contributed by atoms with E-state index < -0.39 is 5.91 Å². The number of carbonyl (C=O) groups excluding carboxylic acids is 1. The lowest BCUT2D eigenvalue weighted by Crippen LogP contribution is -2.25. The maximum atomic E-state index is 13.5. The number of rotatable bonds is 13. The highest BCUT2D eigenvalue weighted by atomic mass is 16.6. The number of methoxy groups -OCH3 is 1. The minimum Gasteiger partial charge on any atom is -0.497 e. The first-order valence-electron chi connectivity index (χ1n) is 12.6. The van der Waals surface area contributed by atoms with Crippen molar-refractivity contribution in [1.82, 2.24) is 19.9 Å². The first-order valence-corrected chi connectivity index (χ1v) is 12.6. The molecule has 1 aromatic carbocycles. The Morgan fingerprint density at radius 1 is 1.08 bits per heavy atom. The van der Waals surface area contributed by atoms with Gasteiger partial charge in [-0.05, 0) is 69.7 Å². The van der Waals surface area contributed by atoms with Crippen molar-refractivity contribution in [3.63, 3.8) is 0 Å². The molecule has 0 radical (unpaired) electrons. The molecule has 2 heterocycles. The lowest BCUT2D eigenvalue weighted by atomic mass is 10.0. The van der Waals surface area contributed by atoms with E-state index in [1.165, 1.54) is 7.11 Å². The van der Waals surface area contributed by atoms with E-state index in [0.717, 1.165) is 49.3 Å². The fraction of sp³-hybridized carbons (Fsp3) is 0.444. The molecule has 3 rings (SSSR count). The van der Waals surface area contributed by atoms with Crippen LogP contribution in [0.25, 0.3) is 22.0 Å². The highest BCUT2D eigenvalue weighted by Gasteiger charge is 2.16. The molecule has 0 saturated heterocycles. The summed E-state index contributed by atoms with van der Waals surface area (Å²) in [7, 11) is 1.52. The molecule has 9 heteroatoms. The Morgan fingerprint density at radius 2 is 1.86 bits per heavy atom. The van der Waals surface area contributed by atoms with Crippen LogP contribution in [-0.4, -0.2) is 60.3 Å². The van der Waals surface area contributed by atoms with E-state index in [1.54, 1.807) is 35.9 Å². The minimum absolute atomic E-state index is 0.145. The number of ether oxygens (including phenoxy) is 1. The van der Waals surface area contributed by atoms with E-state index in [1.807, 2.05) is 19.1 Å². The van der Waals surface area contributed by atoms with E-state index in [-0.39, 0.29) is 5.56 Å². The van der Waals surface area contributed by atoms with Gasteiger partial charge in [-0.2, -0.15) is 0 Å². The standard InChI is InChI=1S/C27H37N5O4/c1-6-31(7-2)12-10-11-28-25-17-24-21(18-29-25)16-23(27(34)32(24)8-3)19-13-20(15-22(14-19)35-5)26(33)30-36-9-4/h13-18H,6-12H2,1-5H3,(H,28,29)(H,30,33). The van der Waals surface area contributed by atoms with Crippen LogP contribution in [0.2, 0.25) is 0 Å². The molecular formula is C27H37N5O4. The second-order valence-corrected chi connectivity index (χ2v) is 8.36. The summed E-state index contributed by atoms with van der Waals surface area (Å²) in [5, 5.41) is 4.22. The Kier molecular flexibility index (Phi) is 9.84. The maximum absolute atomic E-state index is 13.5. The van der Waals surface area contributed by atoms with Gasteiger partial charge in [-0.15, -0.1) is 0 Å². The predicted molar refractivity (Wildman–Crippen MR) is 144 cm³/mol. The van der Waals surface area contributed by atoms with Gasteiger partial charge in [0.2, 0.25) is 0 Å². The van der Waals surface area contributed by atoms with Crippen molar-refractivity contribution in [3.05, 3.63) is 52.4 Å². The van der Waals surface area contributed by atoms with Crippen molar-refractivity contribution in [2.45, 2.75) is 40.7 Å². The Hall–Kier alpha value is -3.43. The number of fused-ring (bicyclic) bond motifs is 1. The van der Waals surface area contributed by atoms with Crippen LogP contribution < -0.4 is 21.1 Å². The van der Waals surface area contributed by atoms with Crippen LogP contribution in [0.15, 0.2) is 41.3 Å². The molecule has 36 heavy (non-hydrogen) atoms. The Morgan fingerprint density at radius 3 is 2.53 bits per heavy atom. The Bertz CT molecular complexity index is 1240. The molecule has 194 valence electrons. The number of hydroxylamine groups is 1. The normalized spacial score (nSPS) is 11.2. The third kappa shape index (κ3) is 6.41.